The summed E-state index contributed by atoms with van der Waals surface area (Å²) in [6, 6.07) is 1.69. The standard InChI is InChI=1S/C10H14N4OS/c11-9(16)8-3-4-12-10(14-8)13-6-7-2-1-5-15-7/h3-4,7H,1-2,5-6H2,(H2,11,16)(H,12,13,14). The normalized spacial score (nSPS) is 19.6. The van der Waals surface area contributed by atoms with Crippen molar-refractivity contribution in [2.24, 2.45) is 5.73 Å². The Morgan fingerprint density at radius 2 is 2.56 bits per heavy atom. The van der Waals surface area contributed by atoms with Gasteiger partial charge in [0.1, 0.15) is 10.7 Å². The van der Waals surface area contributed by atoms with Crippen molar-refractivity contribution in [1.29, 1.82) is 0 Å². The van der Waals surface area contributed by atoms with Gasteiger partial charge in [0.25, 0.3) is 0 Å². The summed E-state index contributed by atoms with van der Waals surface area (Å²) in [5.41, 5.74) is 6.07. The van der Waals surface area contributed by atoms with Crippen LogP contribution in [-0.2, 0) is 4.74 Å². The fraction of sp³-hybridized carbons (Fsp3) is 0.500. The van der Waals surface area contributed by atoms with E-state index in [2.05, 4.69) is 15.3 Å². The highest BCUT2D eigenvalue weighted by molar-refractivity contribution is 7.80. The van der Waals surface area contributed by atoms with Crippen LogP contribution >= 0.6 is 12.2 Å². The third kappa shape index (κ3) is 2.86. The fourth-order valence-electron chi connectivity index (χ4n) is 1.59. The lowest BCUT2D eigenvalue weighted by atomic mass is 10.2. The Hall–Kier alpha value is -1.27. The maximum absolute atomic E-state index is 5.49. The zero-order chi connectivity index (χ0) is 11.4. The van der Waals surface area contributed by atoms with Crippen LogP contribution in [-0.4, -0.2) is 34.2 Å². The van der Waals surface area contributed by atoms with Crippen LogP contribution in [0.1, 0.15) is 18.5 Å². The van der Waals surface area contributed by atoms with Gasteiger partial charge in [-0.2, -0.15) is 0 Å². The second kappa shape index (κ2) is 5.18. The quantitative estimate of drug-likeness (QED) is 0.752. The largest absolute Gasteiger partial charge is 0.388 e. The van der Waals surface area contributed by atoms with Gasteiger partial charge in [0.2, 0.25) is 5.95 Å². The molecule has 0 bridgehead atoms. The molecule has 1 aromatic heterocycles. The van der Waals surface area contributed by atoms with Crippen molar-refractivity contribution >= 4 is 23.2 Å². The van der Waals surface area contributed by atoms with Crippen LogP contribution in [0.2, 0.25) is 0 Å². The Bertz CT molecular complexity index is 379. The Kier molecular flexibility index (Phi) is 3.63. The summed E-state index contributed by atoms with van der Waals surface area (Å²) >= 11 is 4.85. The van der Waals surface area contributed by atoms with Crippen molar-refractivity contribution in [1.82, 2.24) is 9.97 Å². The lowest BCUT2D eigenvalue weighted by Gasteiger charge is -2.10. The number of thiocarbonyl (C=S) groups is 1. The smallest absolute Gasteiger partial charge is 0.223 e. The third-order valence-electron chi connectivity index (χ3n) is 2.42. The summed E-state index contributed by atoms with van der Waals surface area (Å²) in [6.45, 7) is 1.57. The minimum atomic E-state index is 0.261. The zero-order valence-electron chi connectivity index (χ0n) is 8.85. The lowest BCUT2D eigenvalue weighted by Crippen LogP contribution is -2.20. The summed E-state index contributed by atoms with van der Waals surface area (Å²) in [5, 5.41) is 3.12. The predicted molar refractivity (Wildman–Crippen MR) is 65.4 cm³/mol. The molecule has 6 heteroatoms. The summed E-state index contributed by atoms with van der Waals surface area (Å²) in [4.78, 5) is 8.56. The molecule has 0 amide bonds. The Morgan fingerprint density at radius 1 is 1.69 bits per heavy atom. The zero-order valence-corrected chi connectivity index (χ0v) is 9.67. The maximum atomic E-state index is 5.49. The number of rotatable bonds is 4. The van der Waals surface area contributed by atoms with E-state index in [1.165, 1.54) is 0 Å². The molecule has 0 spiro atoms. The molecule has 1 fully saturated rings. The van der Waals surface area contributed by atoms with Gasteiger partial charge in [0, 0.05) is 19.3 Å². The van der Waals surface area contributed by atoms with Crippen LogP contribution in [0.4, 0.5) is 5.95 Å². The number of anilines is 1. The molecular weight excluding hydrogens is 224 g/mol. The molecule has 1 aliphatic heterocycles. The molecule has 1 aliphatic rings. The molecule has 1 atom stereocenters. The van der Waals surface area contributed by atoms with Crippen molar-refractivity contribution in [2.75, 3.05) is 18.5 Å². The number of hydrogen-bond acceptors (Lipinski definition) is 5. The summed E-state index contributed by atoms with van der Waals surface area (Å²) in [7, 11) is 0. The van der Waals surface area contributed by atoms with Crippen molar-refractivity contribution in [2.45, 2.75) is 18.9 Å². The van der Waals surface area contributed by atoms with E-state index in [1.807, 2.05) is 0 Å². The van der Waals surface area contributed by atoms with Crippen molar-refractivity contribution in [3.63, 3.8) is 0 Å². The number of aromatic nitrogens is 2. The number of nitrogens with one attached hydrogen (secondary N) is 1. The van der Waals surface area contributed by atoms with Crippen LogP contribution in [0.25, 0.3) is 0 Å². The minimum Gasteiger partial charge on any atom is -0.388 e. The van der Waals surface area contributed by atoms with Crippen LogP contribution in [0.15, 0.2) is 12.3 Å². The van der Waals surface area contributed by atoms with Crippen molar-refractivity contribution in [3.05, 3.63) is 18.0 Å². The van der Waals surface area contributed by atoms with E-state index in [-0.39, 0.29) is 11.1 Å². The molecule has 5 nitrogen and oxygen atoms in total. The first-order chi connectivity index (χ1) is 7.75. The molecule has 0 aromatic carbocycles. The van der Waals surface area contributed by atoms with Crippen LogP contribution < -0.4 is 11.1 Å². The predicted octanol–water partition coefficient (Wildman–Crippen LogP) is 0.702. The third-order valence-corrected chi connectivity index (χ3v) is 2.63. The Balaban J connectivity index is 1.93. The van der Waals surface area contributed by atoms with Gasteiger partial charge < -0.3 is 15.8 Å². The SMILES string of the molecule is NC(=S)c1ccnc(NCC2CCCO2)n1. The van der Waals surface area contributed by atoms with Gasteiger partial charge in [-0.15, -0.1) is 0 Å². The number of hydrogen-bond donors (Lipinski definition) is 2. The topological polar surface area (TPSA) is 73.1 Å². The lowest BCUT2D eigenvalue weighted by molar-refractivity contribution is 0.120. The Labute approximate surface area is 99.4 Å². The van der Waals surface area contributed by atoms with Crippen molar-refractivity contribution < 1.29 is 4.74 Å². The summed E-state index contributed by atoms with van der Waals surface area (Å²) in [5.74, 6) is 0.542. The van der Waals surface area contributed by atoms with Crippen LogP contribution in [0, 0.1) is 0 Å². The average molecular weight is 238 g/mol. The van der Waals surface area contributed by atoms with Gasteiger partial charge in [0.05, 0.1) is 6.10 Å². The fourth-order valence-corrected chi connectivity index (χ4v) is 1.71. The highest BCUT2D eigenvalue weighted by atomic mass is 32.1. The first-order valence-corrected chi connectivity index (χ1v) is 5.65. The molecule has 3 N–H and O–H groups in total. The average Bonchev–Trinajstić information content (AvgIpc) is 2.79. The Morgan fingerprint density at radius 3 is 3.25 bits per heavy atom. The summed E-state index contributed by atoms with van der Waals surface area (Å²) < 4.78 is 5.48. The second-order valence-electron chi connectivity index (χ2n) is 3.65. The molecule has 0 aliphatic carbocycles. The molecule has 0 saturated carbocycles. The molecule has 2 rings (SSSR count). The molecule has 2 heterocycles. The molecule has 86 valence electrons. The van der Waals surface area contributed by atoms with E-state index < -0.39 is 0 Å². The number of nitrogens with two attached hydrogens (primary N) is 1. The number of ether oxygens (including phenoxy) is 1. The second-order valence-corrected chi connectivity index (χ2v) is 4.09. The van der Waals surface area contributed by atoms with E-state index in [0.717, 1.165) is 26.0 Å². The van der Waals surface area contributed by atoms with Gasteiger partial charge in [-0.3, -0.25) is 0 Å². The first kappa shape index (κ1) is 11.2. The minimum absolute atomic E-state index is 0.261. The van der Waals surface area contributed by atoms with Gasteiger partial charge in [0.15, 0.2) is 0 Å². The van der Waals surface area contributed by atoms with E-state index in [4.69, 9.17) is 22.7 Å². The van der Waals surface area contributed by atoms with Gasteiger partial charge in [-0.1, -0.05) is 12.2 Å². The van der Waals surface area contributed by atoms with Gasteiger partial charge in [-0.25, -0.2) is 9.97 Å². The highest BCUT2D eigenvalue weighted by Gasteiger charge is 2.15. The van der Waals surface area contributed by atoms with E-state index >= 15 is 0 Å². The molecule has 1 aromatic rings. The highest BCUT2D eigenvalue weighted by Crippen LogP contribution is 2.12. The molecule has 16 heavy (non-hydrogen) atoms. The monoisotopic (exact) mass is 238 g/mol. The first-order valence-electron chi connectivity index (χ1n) is 5.24. The molecule has 0 radical (unpaired) electrons. The molecular formula is C10H14N4OS. The van der Waals surface area contributed by atoms with Gasteiger partial charge >= 0.3 is 0 Å². The van der Waals surface area contributed by atoms with Crippen LogP contribution in [0.3, 0.4) is 0 Å². The maximum Gasteiger partial charge on any atom is 0.223 e. The molecule has 1 unspecified atom stereocenters. The van der Waals surface area contributed by atoms with Gasteiger partial charge in [-0.05, 0) is 18.9 Å². The molecule has 1 saturated heterocycles. The van der Waals surface area contributed by atoms with Crippen molar-refractivity contribution in [3.8, 4) is 0 Å². The number of nitrogens with zero attached hydrogens (tertiary/aromatic N) is 2. The van der Waals surface area contributed by atoms with Crippen LogP contribution in [0.5, 0.6) is 0 Å². The van der Waals surface area contributed by atoms with E-state index in [0.29, 0.717) is 11.6 Å². The van der Waals surface area contributed by atoms with E-state index in [9.17, 15) is 0 Å². The summed E-state index contributed by atoms with van der Waals surface area (Å²) in [6.07, 6.45) is 4.11. The van der Waals surface area contributed by atoms with E-state index in [1.54, 1.807) is 12.3 Å².